The van der Waals surface area contributed by atoms with E-state index in [1.807, 2.05) is 0 Å². The monoisotopic (exact) mass is 310 g/mol. The summed E-state index contributed by atoms with van der Waals surface area (Å²) in [5, 5.41) is 3.32. The van der Waals surface area contributed by atoms with Crippen LogP contribution < -0.4 is 5.32 Å². The Balaban J connectivity index is 1.79. The maximum Gasteiger partial charge on any atom is 0.357 e. The Morgan fingerprint density at radius 3 is 2.90 bits per heavy atom. The van der Waals surface area contributed by atoms with Crippen LogP contribution in [0.25, 0.3) is 0 Å². The van der Waals surface area contributed by atoms with Gasteiger partial charge in [-0.3, -0.25) is 4.79 Å². The molecule has 0 radical (unpaired) electrons. The van der Waals surface area contributed by atoms with Gasteiger partial charge in [0.25, 0.3) is 5.91 Å². The Hall–Kier alpha value is -1.62. The summed E-state index contributed by atoms with van der Waals surface area (Å²) in [4.78, 5) is 27.4. The molecule has 1 aliphatic carbocycles. The summed E-state index contributed by atoms with van der Waals surface area (Å²) < 4.78 is 4.95. The molecule has 0 aliphatic heterocycles. The maximum atomic E-state index is 11.8. The van der Waals surface area contributed by atoms with Crippen molar-refractivity contribution in [1.29, 1.82) is 0 Å². The van der Waals surface area contributed by atoms with E-state index in [2.05, 4.69) is 17.2 Å². The molecule has 1 fully saturated rings. The third-order valence-corrected chi connectivity index (χ3v) is 3.96. The van der Waals surface area contributed by atoms with Crippen LogP contribution in [0.2, 0.25) is 5.02 Å². The van der Waals surface area contributed by atoms with Crippen molar-refractivity contribution in [2.75, 3.05) is 6.61 Å². The van der Waals surface area contributed by atoms with Crippen LogP contribution in [-0.2, 0) is 9.53 Å². The largest absolute Gasteiger partial charge is 0.451 e. The van der Waals surface area contributed by atoms with E-state index in [0.29, 0.717) is 10.9 Å². The van der Waals surface area contributed by atoms with E-state index in [0.717, 1.165) is 19.3 Å². The lowest BCUT2D eigenvalue weighted by Gasteiger charge is -2.29. The molecule has 0 unspecified atom stereocenters. The fourth-order valence-electron chi connectivity index (χ4n) is 2.50. The molecule has 6 heteroatoms. The van der Waals surface area contributed by atoms with E-state index < -0.39 is 5.97 Å². The Bertz CT molecular complexity index is 521. The van der Waals surface area contributed by atoms with Crippen LogP contribution in [0.3, 0.4) is 0 Å². The predicted molar refractivity (Wildman–Crippen MR) is 79.1 cm³/mol. The van der Waals surface area contributed by atoms with E-state index in [4.69, 9.17) is 16.3 Å². The van der Waals surface area contributed by atoms with Crippen LogP contribution in [0.1, 0.15) is 43.1 Å². The number of nitrogens with one attached hydrogen (secondary N) is 1. The minimum atomic E-state index is -0.649. The lowest BCUT2D eigenvalue weighted by molar-refractivity contribution is -0.125. The van der Waals surface area contributed by atoms with Gasteiger partial charge in [-0.2, -0.15) is 0 Å². The molecule has 1 N–H and O–H groups in total. The molecule has 1 aromatic rings. The summed E-state index contributed by atoms with van der Waals surface area (Å²) in [6.45, 7) is 1.84. The highest BCUT2D eigenvalue weighted by Gasteiger charge is 2.23. The number of hydrogen-bond acceptors (Lipinski definition) is 4. The number of carbonyl (C=O) groups is 2. The Morgan fingerprint density at radius 1 is 1.43 bits per heavy atom. The van der Waals surface area contributed by atoms with E-state index in [-0.39, 0.29) is 24.2 Å². The number of pyridine rings is 1. The second-order valence-electron chi connectivity index (χ2n) is 5.37. The van der Waals surface area contributed by atoms with Crippen molar-refractivity contribution in [2.24, 2.45) is 5.92 Å². The van der Waals surface area contributed by atoms with Gasteiger partial charge in [-0.1, -0.05) is 31.4 Å². The number of carbonyl (C=O) groups excluding carboxylic acids is 2. The van der Waals surface area contributed by atoms with Gasteiger partial charge >= 0.3 is 5.97 Å². The van der Waals surface area contributed by atoms with Gasteiger partial charge in [0.05, 0.1) is 0 Å². The summed E-state index contributed by atoms with van der Waals surface area (Å²) >= 11 is 5.77. The van der Waals surface area contributed by atoms with Crippen molar-refractivity contribution in [3.8, 4) is 0 Å². The number of amides is 1. The lowest BCUT2D eigenvalue weighted by atomic mass is 9.86. The molecular formula is C15H19ClN2O3. The number of halogens is 1. The third-order valence-electron chi connectivity index (χ3n) is 3.72. The molecule has 1 heterocycles. The maximum absolute atomic E-state index is 11.8. The van der Waals surface area contributed by atoms with Crippen LogP contribution in [-0.4, -0.2) is 29.5 Å². The molecule has 2 atom stereocenters. The summed E-state index contributed by atoms with van der Waals surface area (Å²) in [6.07, 6.45) is 5.86. The van der Waals surface area contributed by atoms with Gasteiger partial charge in [0.1, 0.15) is 5.69 Å². The highest BCUT2D eigenvalue weighted by molar-refractivity contribution is 6.30. The van der Waals surface area contributed by atoms with E-state index >= 15 is 0 Å². The molecule has 0 aromatic carbocycles. The second kappa shape index (κ2) is 7.41. The molecular weight excluding hydrogens is 292 g/mol. The SMILES string of the molecule is C[C@H]1CCCC[C@H]1NC(=O)COC(=O)c1cc(Cl)ccn1. The van der Waals surface area contributed by atoms with Gasteiger partial charge in [0, 0.05) is 17.3 Å². The lowest BCUT2D eigenvalue weighted by Crippen LogP contribution is -2.42. The van der Waals surface area contributed by atoms with Crippen LogP contribution >= 0.6 is 11.6 Å². The smallest absolute Gasteiger partial charge is 0.357 e. The van der Waals surface area contributed by atoms with E-state index in [1.54, 1.807) is 6.07 Å². The van der Waals surface area contributed by atoms with Crippen molar-refractivity contribution in [1.82, 2.24) is 10.3 Å². The third kappa shape index (κ3) is 4.70. The molecule has 1 aliphatic rings. The van der Waals surface area contributed by atoms with Crippen molar-refractivity contribution >= 4 is 23.5 Å². The Kier molecular flexibility index (Phi) is 5.56. The molecule has 1 aromatic heterocycles. The van der Waals surface area contributed by atoms with E-state index in [1.165, 1.54) is 18.7 Å². The summed E-state index contributed by atoms with van der Waals surface area (Å²) in [5.74, 6) is -0.457. The molecule has 114 valence electrons. The molecule has 21 heavy (non-hydrogen) atoms. The van der Waals surface area contributed by atoms with Crippen molar-refractivity contribution in [3.63, 3.8) is 0 Å². The highest BCUT2D eigenvalue weighted by Crippen LogP contribution is 2.23. The number of ether oxygens (including phenoxy) is 1. The van der Waals surface area contributed by atoms with Gasteiger partial charge in [-0.05, 0) is 30.9 Å². The highest BCUT2D eigenvalue weighted by atomic mass is 35.5. The molecule has 1 saturated carbocycles. The summed E-state index contributed by atoms with van der Waals surface area (Å²) in [6, 6.07) is 3.15. The van der Waals surface area contributed by atoms with Crippen LogP contribution in [0.15, 0.2) is 18.3 Å². The van der Waals surface area contributed by atoms with Crippen molar-refractivity contribution < 1.29 is 14.3 Å². The Morgan fingerprint density at radius 2 is 2.19 bits per heavy atom. The first kappa shape index (κ1) is 15.8. The first-order valence-corrected chi connectivity index (χ1v) is 7.52. The van der Waals surface area contributed by atoms with Gasteiger partial charge in [0.2, 0.25) is 0 Å². The Labute approximate surface area is 129 Å². The van der Waals surface area contributed by atoms with Crippen LogP contribution in [0, 0.1) is 5.92 Å². The van der Waals surface area contributed by atoms with Crippen molar-refractivity contribution in [2.45, 2.75) is 38.6 Å². The number of aromatic nitrogens is 1. The van der Waals surface area contributed by atoms with Gasteiger partial charge in [0.15, 0.2) is 6.61 Å². The summed E-state index contributed by atoms with van der Waals surface area (Å²) in [7, 11) is 0. The van der Waals surface area contributed by atoms with Crippen LogP contribution in [0.4, 0.5) is 0 Å². The zero-order valence-corrected chi connectivity index (χ0v) is 12.7. The molecule has 0 saturated heterocycles. The standard InChI is InChI=1S/C15H19ClN2O3/c1-10-4-2-3-5-12(10)18-14(19)9-21-15(20)13-8-11(16)6-7-17-13/h6-8,10,12H,2-5,9H2,1H3,(H,18,19)/t10-,12+/m0/s1. The van der Waals surface area contributed by atoms with Crippen molar-refractivity contribution in [3.05, 3.63) is 29.0 Å². The summed E-state index contributed by atoms with van der Waals surface area (Å²) in [5.41, 5.74) is 0.0985. The molecule has 1 amide bonds. The second-order valence-corrected chi connectivity index (χ2v) is 5.81. The van der Waals surface area contributed by atoms with Gasteiger partial charge in [-0.15, -0.1) is 0 Å². The zero-order valence-electron chi connectivity index (χ0n) is 12.0. The number of hydrogen-bond donors (Lipinski definition) is 1. The fourth-order valence-corrected chi connectivity index (χ4v) is 2.66. The first-order valence-electron chi connectivity index (χ1n) is 7.14. The van der Waals surface area contributed by atoms with Crippen LogP contribution in [0.5, 0.6) is 0 Å². The average Bonchev–Trinajstić information content (AvgIpc) is 2.47. The quantitative estimate of drug-likeness (QED) is 0.868. The average molecular weight is 311 g/mol. The zero-order chi connectivity index (χ0) is 15.2. The predicted octanol–water partition coefficient (Wildman–Crippen LogP) is 2.59. The minimum Gasteiger partial charge on any atom is -0.451 e. The van der Waals surface area contributed by atoms with Gasteiger partial charge < -0.3 is 10.1 Å². The van der Waals surface area contributed by atoms with Gasteiger partial charge in [-0.25, -0.2) is 9.78 Å². The first-order chi connectivity index (χ1) is 10.1. The molecule has 0 bridgehead atoms. The normalized spacial score (nSPS) is 21.6. The molecule has 0 spiro atoms. The molecule has 2 rings (SSSR count). The number of rotatable bonds is 4. The topological polar surface area (TPSA) is 68.3 Å². The number of esters is 1. The fraction of sp³-hybridized carbons (Fsp3) is 0.533. The minimum absolute atomic E-state index is 0.0985. The van der Waals surface area contributed by atoms with E-state index in [9.17, 15) is 9.59 Å². The molecule has 5 nitrogen and oxygen atoms in total. The number of nitrogens with zero attached hydrogens (tertiary/aromatic N) is 1.